The molecule has 0 aliphatic carbocycles. The lowest BCUT2D eigenvalue weighted by atomic mass is 10.2. The molecule has 144 valence electrons. The lowest BCUT2D eigenvalue weighted by molar-refractivity contribution is -0.174. The number of carbonyl (C=O) groups is 3. The third-order valence-electron chi connectivity index (χ3n) is 3.09. The van der Waals surface area contributed by atoms with Crippen LogP contribution in [0.4, 0.5) is 4.79 Å². The fourth-order valence-electron chi connectivity index (χ4n) is 1.72. The van der Waals surface area contributed by atoms with E-state index >= 15 is 0 Å². The number of ether oxygens (including phenoxy) is 2. The SMILES string of the molecule is CCC(=O)O[C@@H](OC(=O)NC[C@H](Sc1cccc(Cl)c1)C(=O)O)C(C)C. The molecule has 1 rings (SSSR count). The Balaban J connectivity index is 2.60. The summed E-state index contributed by atoms with van der Waals surface area (Å²) in [5, 5.41) is 11.3. The highest BCUT2D eigenvalue weighted by Crippen LogP contribution is 2.25. The van der Waals surface area contributed by atoms with Crippen molar-refractivity contribution in [2.75, 3.05) is 6.54 Å². The first-order valence-corrected chi connectivity index (χ1v) is 9.27. The molecule has 0 fully saturated rings. The Morgan fingerprint density at radius 2 is 1.96 bits per heavy atom. The van der Waals surface area contributed by atoms with Crippen molar-refractivity contribution in [1.29, 1.82) is 0 Å². The van der Waals surface area contributed by atoms with Gasteiger partial charge < -0.3 is 19.9 Å². The van der Waals surface area contributed by atoms with Crippen LogP contribution < -0.4 is 5.32 Å². The van der Waals surface area contributed by atoms with Crippen molar-refractivity contribution in [2.45, 2.75) is 43.6 Å². The maximum Gasteiger partial charge on any atom is 0.410 e. The molecule has 0 bridgehead atoms. The molecule has 0 saturated carbocycles. The number of esters is 1. The van der Waals surface area contributed by atoms with Crippen LogP contribution in [-0.4, -0.2) is 41.2 Å². The van der Waals surface area contributed by atoms with Crippen molar-refractivity contribution >= 4 is 41.4 Å². The molecule has 1 aromatic rings. The standard InChI is InChI=1S/C17H22ClNO6S/c1-4-14(20)24-16(10(2)3)25-17(23)19-9-13(15(21)22)26-12-7-5-6-11(18)8-12/h5-8,10,13,16H,4,9H2,1-3H3,(H,19,23)(H,21,22)/t13-,16-/m0/s1. The van der Waals surface area contributed by atoms with Gasteiger partial charge in [-0.2, -0.15) is 0 Å². The maximum atomic E-state index is 11.9. The van der Waals surface area contributed by atoms with Gasteiger partial charge in [0.25, 0.3) is 6.29 Å². The number of alkyl carbamates (subject to hydrolysis) is 1. The van der Waals surface area contributed by atoms with Gasteiger partial charge >= 0.3 is 18.0 Å². The molecule has 0 spiro atoms. The van der Waals surface area contributed by atoms with Gasteiger partial charge in [-0.3, -0.25) is 9.59 Å². The van der Waals surface area contributed by atoms with Crippen molar-refractivity contribution in [3.8, 4) is 0 Å². The Labute approximate surface area is 161 Å². The molecule has 0 aliphatic rings. The molecule has 0 aromatic heterocycles. The van der Waals surface area contributed by atoms with Crippen LogP contribution in [0.5, 0.6) is 0 Å². The summed E-state index contributed by atoms with van der Waals surface area (Å²) in [6.07, 6.45) is -1.73. The molecular formula is C17H22ClNO6S. The quantitative estimate of drug-likeness (QED) is 0.369. The van der Waals surface area contributed by atoms with Crippen LogP contribution in [0.2, 0.25) is 5.02 Å². The monoisotopic (exact) mass is 403 g/mol. The van der Waals surface area contributed by atoms with Crippen molar-refractivity contribution in [2.24, 2.45) is 5.92 Å². The highest BCUT2D eigenvalue weighted by Gasteiger charge is 2.24. The minimum Gasteiger partial charge on any atom is -0.480 e. The number of carboxylic acids is 1. The molecule has 1 aromatic carbocycles. The molecule has 0 saturated heterocycles. The first kappa shape index (κ1) is 22.1. The molecule has 1 amide bonds. The van der Waals surface area contributed by atoms with E-state index in [0.29, 0.717) is 9.92 Å². The van der Waals surface area contributed by atoms with Crippen molar-refractivity contribution in [3.05, 3.63) is 29.3 Å². The number of amides is 1. The molecule has 26 heavy (non-hydrogen) atoms. The number of rotatable bonds is 9. The Kier molecular flexibility index (Phi) is 9.29. The van der Waals surface area contributed by atoms with Gasteiger partial charge in [0.2, 0.25) is 0 Å². The molecule has 7 nitrogen and oxygen atoms in total. The van der Waals surface area contributed by atoms with E-state index in [1.807, 2.05) is 0 Å². The van der Waals surface area contributed by atoms with Gasteiger partial charge in [-0.25, -0.2) is 4.79 Å². The molecule has 0 heterocycles. The molecule has 0 aliphatic heterocycles. The Bertz CT molecular complexity index is 639. The van der Waals surface area contributed by atoms with Crippen LogP contribution in [0, 0.1) is 5.92 Å². The van der Waals surface area contributed by atoms with Crippen molar-refractivity contribution in [1.82, 2.24) is 5.32 Å². The van der Waals surface area contributed by atoms with E-state index in [2.05, 4.69) is 5.32 Å². The third kappa shape index (κ3) is 7.97. The first-order chi connectivity index (χ1) is 12.2. The molecule has 0 radical (unpaired) electrons. The topological polar surface area (TPSA) is 102 Å². The molecular weight excluding hydrogens is 382 g/mol. The van der Waals surface area contributed by atoms with Crippen LogP contribution >= 0.6 is 23.4 Å². The summed E-state index contributed by atoms with van der Waals surface area (Å²) in [6, 6.07) is 6.75. The van der Waals surface area contributed by atoms with Gasteiger partial charge in [-0.15, -0.1) is 11.8 Å². The van der Waals surface area contributed by atoms with E-state index in [0.717, 1.165) is 11.8 Å². The highest BCUT2D eigenvalue weighted by atomic mass is 35.5. The maximum absolute atomic E-state index is 11.9. The first-order valence-electron chi connectivity index (χ1n) is 8.01. The van der Waals surface area contributed by atoms with Gasteiger partial charge in [0.1, 0.15) is 5.25 Å². The number of carbonyl (C=O) groups excluding carboxylic acids is 2. The molecule has 0 unspecified atom stereocenters. The Morgan fingerprint density at radius 1 is 1.27 bits per heavy atom. The summed E-state index contributed by atoms with van der Waals surface area (Å²) in [7, 11) is 0. The number of carboxylic acid groups (broad SMARTS) is 1. The van der Waals surface area contributed by atoms with Crippen LogP contribution in [-0.2, 0) is 19.1 Å². The van der Waals surface area contributed by atoms with E-state index in [1.54, 1.807) is 45.0 Å². The van der Waals surface area contributed by atoms with Crippen LogP contribution in [0.25, 0.3) is 0 Å². The van der Waals surface area contributed by atoms with E-state index in [9.17, 15) is 19.5 Å². The Morgan fingerprint density at radius 3 is 2.50 bits per heavy atom. The summed E-state index contributed by atoms with van der Waals surface area (Å²) >= 11 is 6.94. The van der Waals surface area contributed by atoms with E-state index in [-0.39, 0.29) is 18.9 Å². The molecule has 2 N–H and O–H groups in total. The normalized spacial score (nSPS) is 13.0. The van der Waals surface area contributed by atoms with Crippen LogP contribution in [0.15, 0.2) is 29.2 Å². The van der Waals surface area contributed by atoms with Gasteiger partial charge in [0.15, 0.2) is 0 Å². The predicted molar refractivity (Wildman–Crippen MR) is 98.2 cm³/mol. The van der Waals surface area contributed by atoms with Crippen LogP contribution in [0.3, 0.4) is 0 Å². The smallest absolute Gasteiger partial charge is 0.410 e. The number of benzene rings is 1. The number of nitrogens with one attached hydrogen (secondary N) is 1. The van der Waals surface area contributed by atoms with E-state index < -0.39 is 29.6 Å². The van der Waals surface area contributed by atoms with Crippen LogP contribution in [0.1, 0.15) is 27.2 Å². The second-order valence-corrected chi connectivity index (χ2v) is 7.36. The molecule has 2 atom stereocenters. The Hall–Kier alpha value is -1.93. The average molecular weight is 404 g/mol. The fourth-order valence-corrected chi connectivity index (χ4v) is 2.92. The number of halogens is 1. The highest BCUT2D eigenvalue weighted by molar-refractivity contribution is 8.00. The second-order valence-electron chi connectivity index (χ2n) is 5.64. The summed E-state index contributed by atoms with van der Waals surface area (Å²) < 4.78 is 10.1. The summed E-state index contributed by atoms with van der Waals surface area (Å²) in [5.41, 5.74) is 0. The van der Waals surface area contributed by atoms with E-state index in [1.165, 1.54) is 0 Å². The van der Waals surface area contributed by atoms with Gasteiger partial charge in [0.05, 0.1) is 0 Å². The van der Waals surface area contributed by atoms with Gasteiger partial charge in [-0.05, 0) is 18.2 Å². The number of thioether (sulfide) groups is 1. The van der Waals surface area contributed by atoms with Gasteiger partial charge in [-0.1, -0.05) is 38.4 Å². The predicted octanol–water partition coefficient (Wildman–Crippen LogP) is 3.55. The minimum atomic E-state index is -1.09. The largest absolute Gasteiger partial charge is 0.480 e. The fraction of sp³-hybridized carbons (Fsp3) is 0.471. The van der Waals surface area contributed by atoms with E-state index in [4.69, 9.17) is 21.1 Å². The summed E-state index contributed by atoms with van der Waals surface area (Å²) in [5.74, 6) is -1.82. The second kappa shape index (κ2) is 10.9. The molecule has 9 heteroatoms. The lowest BCUT2D eigenvalue weighted by Gasteiger charge is -2.21. The zero-order valence-electron chi connectivity index (χ0n) is 14.7. The zero-order chi connectivity index (χ0) is 19.7. The zero-order valence-corrected chi connectivity index (χ0v) is 16.3. The average Bonchev–Trinajstić information content (AvgIpc) is 2.57. The number of aliphatic carboxylic acids is 1. The number of hydrogen-bond acceptors (Lipinski definition) is 6. The van der Waals surface area contributed by atoms with Crippen molar-refractivity contribution < 1.29 is 29.0 Å². The lowest BCUT2D eigenvalue weighted by Crippen LogP contribution is -2.39. The number of hydrogen-bond donors (Lipinski definition) is 2. The third-order valence-corrected chi connectivity index (χ3v) is 4.50. The van der Waals surface area contributed by atoms with Crippen molar-refractivity contribution in [3.63, 3.8) is 0 Å². The summed E-state index contributed by atoms with van der Waals surface area (Å²) in [6.45, 7) is 4.92. The van der Waals surface area contributed by atoms with Gasteiger partial charge in [0, 0.05) is 28.8 Å². The summed E-state index contributed by atoms with van der Waals surface area (Å²) in [4.78, 5) is 35.3. The minimum absolute atomic E-state index is 0.158.